The zero-order valence-corrected chi connectivity index (χ0v) is 19.9. The van der Waals surface area contributed by atoms with Crippen molar-refractivity contribution < 1.29 is 9.90 Å². The third kappa shape index (κ3) is 4.01. The highest BCUT2D eigenvalue weighted by atomic mass is 35.5. The molecule has 0 aliphatic rings. The van der Waals surface area contributed by atoms with Crippen molar-refractivity contribution >= 4 is 50.0 Å². The van der Waals surface area contributed by atoms with E-state index in [2.05, 4.69) is 30.2 Å². The summed E-state index contributed by atoms with van der Waals surface area (Å²) in [5.41, 5.74) is 6.60. The Kier molecular flexibility index (Phi) is 5.64. The van der Waals surface area contributed by atoms with Crippen LogP contribution in [0.25, 0.3) is 42.8 Å². The fraction of sp³-hybridized carbons (Fsp3) is 0.192. The number of fused-ring (bicyclic) bond motifs is 2. The van der Waals surface area contributed by atoms with Crippen molar-refractivity contribution in [3.8, 4) is 21.7 Å². The van der Waals surface area contributed by atoms with Gasteiger partial charge < -0.3 is 5.11 Å². The topological polar surface area (TPSA) is 68.0 Å². The molecule has 5 nitrogen and oxygen atoms in total. The summed E-state index contributed by atoms with van der Waals surface area (Å²) in [4.78, 5) is 16.6. The smallest absolute Gasteiger partial charge is 0.307 e. The van der Waals surface area contributed by atoms with Crippen LogP contribution in [0.2, 0.25) is 5.02 Å². The second-order valence-electron chi connectivity index (χ2n) is 8.13. The first-order valence-corrected chi connectivity index (χ1v) is 12.0. The van der Waals surface area contributed by atoms with Crippen molar-refractivity contribution in [1.82, 2.24) is 14.8 Å². The first-order valence-electron chi connectivity index (χ1n) is 10.8. The Morgan fingerprint density at radius 3 is 2.61 bits per heavy atom. The van der Waals surface area contributed by atoms with Gasteiger partial charge in [-0.1, -0.05) is 30.7 Å². The number of carboxylic acids is 1. The third-order valence-electron chi connectivity index (χ3n) is 5.80. The summed E-state index contributed by atoms with van der Waals surface area (Å²) >= 11 is 7.70. The van der Waals surface area contributed by atoms with E-state index in [4.69, 9.17) is 16.6 Å². The van der Waals surface area contributed by atoms with E-state index in [1.54, 1.807) is 11.3 Å². The van der Waals surface area contributed by atoms with Crippen molar-refractivity contribution in [2.75, 3.05) is 0 Å². The van der Waals surface area contributed by atoms with Crippen LogP contribution in [0.4, 0.5) is 0 Å². The van der Waals surface area contributed by atoms with E-state index in [9.17, 15) is 9.90 Å². The number of aliphatic carboxylic acids is 1. The van der Waals surface area contributed by atoms with E-state index in [0.29, 0.717) is 5.02 Å². The molecule has 3 aromatic carbocycles. The lowest BCUT2D eigenvalue weighted by Crippen LogP contribution is -2.04. The predicted molar refractivity (Wildman–Crippen MR) is 135 cm³/mol. The molecule has 1 N–H and O–H groups in total. The van der Waals surface area contributed by atoms with Gasteiger partial charge in [0.05, 0.1) is 28.4 Å². The van der Waals surface area contributed by atoms with Gasteiger partial charge in [-0.15, -0.1) is 11.3 Å². The van der Waals surface area contributed by atoms with Crippen LogP contribution in [-0.2, 0) is 17.8 Å². The number of carbonyl (C=O) groups is 1. The van der Waals surface area contributed by atoms with E-state index in [1.165, 1.54) is 0 Å². The largest absolute Gasteiger partial charge is 0.481 e. The molecule has 0 bridgehead atoms. The van der Waals surface area contributed by atoms with Gasteiger partial charge in [-0.2, -0.15) is 5.10 Å². The number of aryl methyl sites for hydroxylation is 2. The summed E-state index contributed by atoms with van der Waals surface area (Å²) in [7, 11) is 0. The third-order valence-corrected chi connectivity index (χ3v) is 7.19. The summed E-state index contributed by atoms with van der Waals surface area (Å²) < 4.78 is 3.01. The molecule has 0 radical (unpaired) electrons. The molecule has 33 heavy (non-hydrogen) atoms. The van der Waals surface area contributed by atoms with Gasteiger partial charge in [0, 0.05) is 28.1 Å². The number of nitrogens with zero attached hydrogens (tertiary/aromatic N) is 3. The minimum Gasteiger partial charge on any atom is -0.481 e. The molecule has 5 aromatic rings. The molecule has 0 aliphatic heterocycles. The Morgan fingerprint density at radius 2 is 1.88 bits per heavy atom. The van der Waals surface area contributed by atoms with Gasteiger partial charge in [-0.3, -0.25) is 9.48 Å². The molecule has 0 saturated heterocycles. The normalized spacial score (nSPS) is 11.5. The van der Waals surface area contributed by atoms with E-state index in [1.807, 2.05) is 48.1 Å². The Balaban J connectivity index is 1.70. The maximum atomic E-state index is 11.7. The van der Waals surface area contributed by atoms with Gasteiger partial charge in [-0.25, -0.2) is 4.98 Å². The van der Waals surface area contributed by atoms with Gasteiger partial charge in [0.15, 0.2) is 0 Å². The van der Waals surface area contributed by atoms with Crippen LogP contribution in [0.5, 0.6) is 0 Å². The molecule has 2 aromatic heterocycles. The molecule has 166 valence electrons. The molecular weight excluding hydrogens is 454 g/mol. The Hall–Kier alpha value is -3.22. The zero-order chi connectivity index (χ0) is 23.1. The van der Waals surface area contributed by atoms with Gasteiger partial charge in [0.2, 0.25) is 0 Å². The lowest BCUT2D eigenvalue weighted by Gasteiger charge is -2.13. The van der Waals surface area contributed by atoms with E-state index < -0.39 is 5.97 Å². The van der Waals surface area contributed by atoms with Crippen LogP contribution in [0.3, 0.4) is 0 Å². The van der Waals surface area contributed by atoms with Crippen molar-refractivity contribution in [2.24, 2.45) is 0 Å². The number of thiazole rings is 1. The fourth-order valence-electron chi connectivity index (χ4n) is 4.27. The minimum atomic E-state index is -0.855. The number of aromatic nitrogens is 3. The number of hydrogen-bond donors (Lipinski definition) is 1. The average Bonchev–Trinajstić information content (AvgIpc) is 3.39. The maximum absolute atomic E-state index is 11.7. The summed E-state index contributed by atoms with van der Waals surface area (Å²) in [6.07, 6.45) is 2.88. The second kappa shape index (κ2) is 8.61. The van der Waals surface area contributed by atoms with Gasteiger partial charge in [0.1, 0.15) is 5.01 Å². The maximum Gasteiger partial charge on any atom is 0.307 e. The number of carboxylic acid groups (broad SMARTS) is 1. The van der Waals surface area contributed by atoms with Gasteiger partial charge in [0.25, 0.3) is 0 Å². The van der Waals surface area contributed by atoms with E-state index in [0.717, 1.165) is 66.9 Å². The molecule has 0 saturated carbocycles. The number of hydrogen-bond acceptors (Lipinski definition) is 4. The number of benzene rings is 3. The molecule has 0 unspecified atom stereocenters. The number of rotatable bonds is 6. The molecule has 2 heterocycles. The summed E-state index contributed by atoms with van der Waals surface area (Å²) in [6, 6.07) is 15.8. The minimum absolute atomic E-state index is 0.0461. The molecular formula is C26H22ClN3O2S. The predicted octanol–water partition coefficient (Wildman–Crippen LogP) is 6.98. The Morgan fingerprint density at radius 1 is 1.12 bits per heavy atom. The van der Waals surface area contributed by atoms with Crippen LogP contribution >= 0.6 is 22.9 Å². The van der Waals surface area contributed by atoms with Crippen molar-refractivity contribution in [3.63, 3.8) is 0 Å². The molecule has 5 rings (SSSR count). The van der Waals surface area contributed by atoms with Crippen LogP contribution in [0.15, 0.2) is 54.7 Å². The van der Waals surface area contributed by atoms with E-state index in [-0.39, 0.29) is 6.42 Å². The lowest BCUT2D eigenvalue weighted by atomic mass is 9.93. The molecule has 0 aliphatic carbocycles. The summed E-state index contributed by atoms with van der Waals surface area (Å²) in [5, 5.41) is 16.7. The Labute approximate surface area is 200 Å². The SMILES string of the molecule is CCCn1ncc2cc(-c3nc4cc(C)c(CC(=O)O)c(-c5ccc(Cl)cc5)c4s3)ccc21. The van der Waals surface area contributed by atoms with Crippen LogP contribution in [0.1, 0.15) is 24.5 Å². The molecule has 0 atom stereocenters. The number of halogens is 1. The van der Waals surface area contributed by atoms with Crippen LogP contribution < -0.4 is 0 Å². The van der Waals surface area contributed by atoms with Crippen LogP contribution in [-0.4, -0.2) is 25.8 Å². The first-order chi connectivity index (χ1) is 15.9. The highest BCUT2D eigenvalue weighted by molar-refractivity contribution is 7.22. The molecule has 7 heteroatoms. The molecule has 0 fully saturated rings. The van der Waals surface area contributed by atoms with Crippen molar-refractivity contribution in [3.05, 3.63) is 70.9 Å². The highest BCUT2D eigenvalue weighted by Gasteiger charge is 2.19. The fourth-order valence-corrected chi connectivity index (χ4v) is 5.53. The van der Waals surface area contributed by atoms with Crippen LogP contribution in [0, 0.1) is 6.92 Å². The average molecular weight is 476 g/mol. The van der Waals surface area contributed by atoms with E-state index >= 15 is 0 Å². The van der Waals surface area contributed by atoms with Gasteiger partial charge >= 0.3 is 5.97 Å². The highest BCUT2D eigenvalue weighted by Crippen LogP contribution is 2.41. The standard InChI is InChI=1S/C26H22ClN3O2S/c1-3-10-30-22-9-6-17(12-18(22)14-28-30)26-29-21-11-15(2)20(13-23(31)32)24(25(21)33-26)16-4-7-19(27)8-5-16/h4-9,11-12,14H,3,10,13H2,1-2H3,(H,31,32). The Bertz CT molecular complexity index is 1500. The zero-order valence-electron chi connectivity index (χ0n) is 18.3. The van der Waals surface area contributed by atoms with Crippen molar-refractivity contribution in [1.29, 1.82) is 0 Å². The first kappa shape index (κ1) is 21.6. The summed E-state index contributed by atoms with van der Waals surface area (Å²) in [6.45, 7) is 4.98. The van der Waals surface area contributed by atoms with Crippen molar-refractivity contribution in [2.45, 2.75) is 33.2 Å². The second-order valence-corrected chi connectivity index (χ2v) is 9.57. The molecule has 0 spiro atoms. The molecule has 0 amide bonds. The summed E-state index contributed by atoms with van der Waals surface area (Å²) in [5.74, 6) is -0.855. The monoisotopic (exact) mass is 475 g/mol. The lowest BCUT2D eigenvalue weighted by molar-refractivity contribution is -0.136. The quantitative estimate of drug-likeness (QED) is 0.287. The van der Waals surface area contributed by atoms with Gasteiger partial charge in [-0.05, 0) is 66.4 Å².